The average Bonchev–Trinajstić information content (AvgIpc) is 0.873. The summed E-state index contributed by atoms with van der Waals surface area (Å²) in [5, 5.41) is 21.6. The number of nitrogens with two attached hydrogens (primary N) is 2. The number of nitrogens with one attached hydrogen (secondary N) is 2. The largest absolute Gasteiger partial charge is 0.480 e. The molecule has 3 aromatic rings. The zero-order valence-corrected chi connectivity index (χ0v) is 63.5. The number of hydrogen-bond donors (Lipinski definition) is 6. The van der Waals surface area contributed by atoms with Gasteiger partial charge in [0, 0.05) is 54.9 Å². The van der Waals surface area contributed by atoms with Crippen LogP contribution in [0, 0.1) is 24.7 Å². The summed E-state index contributed by atoms with van der Waals surface area (Å²) in [6, 6.07) is 25.4. The van der Waals surface area contributed by atoms with Crippen molar-refractivity contribution in [2.75, 3.05) is 37.1 Å². The van der Waals surface area contributed by atoms with Crippen LogP contribution >= 0.6 is 47.7 Å². The predicted octanol–water partition coefficient (Wildman–Crippen LogP) is 13.1. The van der Waals surface area contributed by atoms with Crippen LogP contribution in [0.5, 0.6) is 0 Å². The lowest BCUT2D eigenvalue weighted by atomic mass is 9.95. The lowest BCUT2D eigenvalue weighted by Gasteiger charge is -2.25. The van der Waals surface area contributed by atoms with Gasteiger partial charge in [-0.05, 0) is 91.8 Å². The van der Waals surface area contributed by atoms with Crippen molar-refractivity contribution in [2.45, 2.75) is 227 Å². The van der Waals surface area contributed by atoms with Crippen LogP contribution in [0.1, 0.15) is 170 Å². The lowest BCUT2D eigenvalue weighted by molar-refractivity contribution is -0.156. The minimum absolute atomic E-state index is 0. The number of ketones is 2. The second kappa shape index (κ2) is 56.3. The molecule has 0 aliphatic rings. The van der Waals surface area contributed by atoms with Gasteiger partial charge < -0.3 is 55.9 Å². The minimum Gasteiger partial charge on any atom is -0.480 e. The molecule has 20 nitrogen and oxygen atoms in total. The molecule has 3 aromatic carbocycles. The summed E-state index contributed by atoms with van der Waals surface area (Å²) in [5.74, 6) is -1.77. The summed E-state index contributed by atoms with van der Waals surface area (Å²) in [5.41, 5.74) is 13.1. The molecule has 0 aromatic heterocycles. The van der Waals surface area contributed by atoms with Gasteiger partial charge in [-0.25, -0.2) is 14.4 Å². The Labute approximate surface area is 619 Å². The molecular weight excluding hydrogens is 1380 g/mol. The van der Waals surface area contributed by atoms with Crippen LogP contribution in [-0.2, 0) is 76.5 Å². The fourth-order valence-electron chi connectivity index (χ4n) is 7.10. The number of amides is 2. The Morgan fingerprint density at radius 2 is 0.840 bits per heavy atom. The van der Waals surface area contributed by atoms with Crippen molar-refractivity contribution in [1.29, 1.82) is 2.67 Å². The molecule has 0 heterocycles. The number of carbonyl (C=O) groups excluding carboxylic acids is 8. The van der Waals surface area contributed by atoms with Crippen molar-refractivity contribution in [1.82, 2.24) is 10.6 Å². The van der Waals surface area contributed by atoms with E-state index in [1.54, 1.807) is 97.6 Å². The molecule has 2 amide bonds. The molecule has 0 saturated heterocycles. The predicted molar refractivity (Wildman–Crippen MR) is 409 cm³/mol. The number of alkyl halides is 3. The van der Waals surface area contributed by atoms with Gasteiger partial charge in [-0.2, -0.15) is 48.5 Å². The number of thioether (sulfide) groups is 3. The maximum absolute atomic E-state index is 13.2. The first kappa shape index (κ1) is 102. The second-order valence-corrected chi connectivity index (χ2v) is 31.5. The monoisotopic (exact) mass is 1500 g/mol. The standard InChI is InChI=1S/C24H37NO5S.C19H29NO3S.C14H19NO4.C9H19NO2S.C2HF3O.C2H2.2CH4.BH3O.ClH.H2/c1-8-29-21(27)18(16-31-24(5,6)7)15-20(26)19(14-17-12-10-9-11-13-17)25-22(28)30-23(2,3)4;1-5-23-18(22)15(13-24-19(2,3)4)12-17(21)16(20)11-14-9-7-6-8-10-14;1-14(2,3)19-13(18)15-11(12(16)17)9-10-7-5-4-6-8-10;1-5-12-8(11)7(10)6-13-9(2,3)4;3-2(4,5)1-6;1-2;;;1-2;;/h9-13,18-19H,8,14-16H2,1-7H3,(H,25,28);6-10,15-16H,5,11-13,20H2,1-4H3;4-8,11H,9H2,1-3H3,(H,15,18)(H,16,17);7H,5-6,10H2,1-4H3;1H;1-2H;2*1H4;2H,1H2;2*1H/t18-,19-;15-,16-;11-;7-;;;;;;;/m0000......./s1/i;;;;;;;;1TD;;1+1. The molecule has 0 unspecified atom stereocenters. The Morgan fingerprint density at radius 1 is 0.560 bits per heavy atom. The molecule has 0 aliphatic carbocycles. The molecule has 100 heavy (non-hydrogen) atoms. The molecule has 574 valence electrons. The van der Waals surface area contributed by atoms with Crippen LogP contribution in [0.4, 0.5) is 22.8 Å². The second-order valence-electron chi connectivity index (χ2n) is 25.9. The van der Waals surface area contributed by atoms with Crippen molar-refractivity contribution in [3.63, 3.8) is 0 Å². The van der Waals surface area contributed by atoms with E-state index >= 15 is 0 Å². The SMILES string of the molecule is C.C.C#C.CC(C)(C)OC(=O)N[C@@H](Cc1ccccc1)C(=O)O.CCOC(=O)[C@@H](N)CSC(C)(C)C.CCOC(=O)[C@H](CSC(C)(C)C)CC(=O)[C@@H](N)Cc1ccccc1.CCOC(=O)[C@H](CSC(C)(C)C)CC(=O)[C@H](Cc1ccccc1)NC(=O)OC(C)(C)C.Cl.O=CC(F)(F)F.[2HH].[2H]B([3H])O. The fourth-order valence-corrected chi connectivity index (χ4v) is 9.83. The van der Waals surface area contributed by atoms with Crippen LogP contribution in [-0.4, -0.2) is 168 Å². The number of halogens is 4. The Balaban J connectivity index is -0.000000188. The summed E-state index contributed by atoms with van der Waals surface area (Å²) in [7, 11) is -1.67. The number of carbonyl (C=O) groups is 9. The molecule has 6 atom stereocenters. The number of aldehydes is 1. The third-order valence-corrected chi connectivity index (χ3v) is 15.6. The summed E-state index contributed by atoms with van der Waals surface area (Å²) in [6.45, 7) is 35.4. The average molecular weight is 1500 g/mol. The zero-order valence-electron chi connectivity index (χ0n) is 62.2. The first-order valence-corrected chi connectivity index (χ1v) is 34.1. The highest BCUT2D eigenvalue weighted by molar-refractivity contribution is 8.01. The first-order chi connectivity index (χ1) is 45.5. The normalized spacial score (nSPS) is 12.8. The van der Waals surface area contributed by atoms with Crippen molar-refractivity contribution >= 4 is 110 Å². The van der Waals surface area contributed by atoms with E-state index in [9.17, 15) is 51.5 Å². The number of rotatable bonds is 27. The van der Waals surface area contributed by atoms with E-state index in [1.807, 2.05) is 91.0 Å². The smallest absolute Gasteiger partial charge is 0.446 e. The number of carboxylic acid groups (broad SMARTS) is 1. The highest BCUT2D eigenvalue weighted by atomic mass is 35.5. The molecule has 0 spiro atoms. The van der Waals surface area contributed by atoms with E-state index in [0.717, 1.165) is 16.7 Å². The highest BCUT2D eigenvalue weighted by Crippen LogP contribution is 2.29. The Kier molecular flexibility index (Phi) is 57.6. The topological polar surface area (TPSA) is 316 Å². The summed E-state index contributed by atoms with van der Waals surface area (Å²) < 4.78 is 68.5. The number of Topliss-reactive ketones (excluding diaryl/α,β-unsaturated/α-hetero) is 2. The maximum Gasteiger partial charge on any atom is 0.446 e. The molecule has 28 heteroatoms. The minimum atomic E-state index is -4.64. The molecule has 0 aliphatic heterocycles. The van der Waals surface area contributed by atoms with Gasteiger partial charge in [-0.1, -0.05) is 168 Å². The molecule has 0 bridgehead atoms. The highest BCUT2D eigenvalue weighted by Gasteiger charge is 2.33. The molecule has 0 radical (unpaired) electrons. The molecule has 0 saturated carbocycles. The fraction of sp³-hybridized carbons (Fsp3) is 0.597. The lowest BCUT2D eigenvalue weighted by Crippen LogP contribution is -2.45. The van der Waals surface area contributed by atoms with E-state index in [2.05, 4.69) is 85.8 Å². The summed E-state index contributed by atoms with van der Waals surface area (Å²) >= 11 is 4.94. The third-order valence-electron chi connectivity index (χ3n) is 11.3. The molecule has 3 rings (SSSR count). The van der Waals surface area contributed by atoms with Gasteiger partial charge in [-0.3, -0.25) is 28.8 Å². The number of ether oxygens (including phenoxy) is 5. The number of terminal acetylenes is 1. The van der Waals surface area contributed by atoms with Gasteiger partial charge in [0.05, 0.1) is 43.7 Å². The van der Waals surface area contributed by atoms with Crippen LogP contribution in [0.15, 0.2) is 91.0 Å². The van der Waals surface area contributed by atoms with Gasteiger partial charge in [0.2, 0.25) is 6.29 Å². The number of carboxylic acids is 1. The van der Waals surface area contributed by atoms with E-state index in [4.69, 9.17) is 52.7 Å². The van der Waals surface area contributed by atoms with Crippen LogP contribution in [0.2, 0.25) is 0 Å². The van der Waals surface area contributed by atoms with E-state index < -0.39 is 85.8 Å². The van der Waals surface area contributed by atoms with E-state index in [-0.39, 0.29) is 98.3 Å². The Morgan fingerprint density at radius 3 is 1.13 bits per heavy atom. The van der Waals surface area contributed by atoms with Crippen LogP contribution in [0.25, 0.3) is 0 Å². The first-order valence-electron chi connectivity index (χ1n) is 32.3. The molecule has 8 N–H and O–H groups in total. The van der Waals surface area contributed by atoms with Crippen molar-refractivity contribution in [3.8, 4) is 12.8 Å². The van der Waals surface area contributed by atoms with E-state index in [1.165, 1.54) is 0 Å². The van der Waals surface area contributed by atoms with Crippen LogP contribution in [0.3, 0.4) is 0 Å². The van der Waals surface area contributed by atoms with Crippen molar-refractivity contribution in [3.05, 3.63) is 108 Å². The number of hydrogen-bond acceptors (Lipinski definition) is 20. The maximum atomic E-state index is 13.2. The van der Waals surface area contributed by atoms with Crippen LogP contribution < -0.4 is 22.1 Å². The van der Waals surface area contributed by atoms with Gasteiger partial charge in [0.15, 0.2) is 11.6 Å². The Bertz CT molecular complexity index is 2820. The summed E-state index contributed by atoms with van der Waals surface area (Å²) in [4.78, 5) is 105. The number of aliphatic carboxylic acids is 1. The Hall–Kier alpha value is -6.28. The quantitative estimate of drug-likeness (QED) is 0.0136. The van der Waals surface area contributed by atoms with Crippen molar-refractivity contribution < 1.29 is 91.6 Å². The summed E-state index contributed by atoms with van der Waals surface area (Å²) in [6.07, 6.45) is 2.07. The van der Waals surface area contributed by atoms with Gasteiger partial charge in [-0.15, -0.1) is 25.3 Å². The van der Waals surface area contributed by atoms with Crippen molar-refractivity contribution in [2.24, 2.45) is 23.3 Å². The van der Waals surface area contributed by atoms with Gasteiger partial charge in [0.1, 0.15) is 23.3 Å². The number of alkyl carbamates (subject to hydrolysis) is 2. The third kappa shape index (κ3) is 62.7. The van der Waals surface area contributed by atoms with E-state index in [0.29, 0.717) is 43.3 Å². The molecule has 0 fully saturated rings. The molecular formula is C72H121BClF3N4O16S3. The zero-order chi connectivity index (χ0) is 77.6. The number of esters is 3. The number of benzene rings is 3. The van der Waals surface area contributed by atoms with Gasteiger partial charge >= 0.3 is 42.2 Å². The van der Waals surface area contributed by atoms with Gasteiger partial charge in [0.25, 0.3) is 7.98 Å².